The third kappa shape index (κ3) is 2.48. The van der Waals surface area contributed by atoms with Gasteiger partial charge in [0.2, 0.25) is 0 Å². The fourth-order valence-electron chi connectivity index (χ4n) is 3.04. The Morgan fingerprint density at radius 1 is 1.61 bits per heavy atom. The lowest BCUT2D eigenvalue weighted by atomic mass is 9.98. The Balaban J connectivity index is 2.30. The molecule has 0 aliphatic carbocycles. The fourth-order valence-corrected chi connectivity index (χ4v) is 3.71. The number of nitrogens with one attached hydrogen (secondary N) is 1. The van der Waals surface area contributed by atoms with E-state index in [-0.39, 0.29) is 5.52 Å². The number of fused-ring (bicyclic) bond motifs is 3. The van der Waals surface area contributed by atoms with Gasteiger partial charge in [0, 0.05) is 12.3 Å². The van der Waals surface area contributed by atoms with Gasteiger partial charge < -0.3 is 14.5 Å². The quantitative estimate of drug-likeness (QED) is 0.874. The van der Waals surface area contributed by atoms with Crippen LogP contribution in [0, 0.1) is 17.1 Å². The molecule has 1 aliphatic heterocycles. The molecule has 0 bridgehead atoms. The lowest BCUT2D eigenvalue weighted by Crippen LogP contribution is -2.42. The maximum Gasteiger partial charge on any atom is 0.305 e. The van der Waals surface area contributed by atoms with E-state index < -0.39 is 17.6 Å². The summed E-state index contributed by atoms with van der Waals surface area (Å²) in [4.78, 5) is 14.6. The van der Waals surface area contributed by atoms with E-state index in [1.165, 1.54) is 30.8 Å². The van der Waals surface area contributed by atoms with Gasteiger partial charge in [-0.25, -0.2) is 4.39 Å². The zero-order valence-corrected chi connectivity index (χ0v) is 13.6. The lowest BCUT2D eigenvalue weighted by Gasteiger charge is -2.35. The Morgan fingerprint density at radius 2 is 2.39 bits per heavy atom. The van der Waals surface area contributed by atoms with Crippen molar-refractivity contribution in [2.45, 2.75) is 19.1 Å². The summed E-state index contributed by atoms with van der Waals surface area (Å²) < 4.78 is 25.5. The highest BCUT2D eigenvalue weighted by molar-refractivity contribution is 7.98. The van der Waals surface area contributed by atoms with Crippen molar-refractivity contribution in [3.8, 4) is 6.07 Å². The average Bonchev–Trinajstić information content (AvgIpc) is 2.90. The highest BCUT2D eigenvalue weighted by Crippen LogP contribution is 2.41. The topological polar surface area (TPSA) is 75.1 Å². The average molecular weight is 334 g/mol. The second-order valence-corrected chi connectivity index (χ2v) is 6.18. The van der Waals surface area contributed by atoms with Crippen LogP contribution >= 0.6 is 11.8 Å². The molecule has 0 amide bonds. The molecule has 7 heteroatoms. The Bertz CT molecular complexity index is 827. The number of ether oxygens (including phenoxy) is 2. The molecular formula is C16H15FN2O3S. The van der Waals surface area contributed by atoms with Gasteiger partial charge in [0.25, 0.3) is 5.79 Å². The van der Waals surface area contributed by atoms with E-state index in [2.05, 4.69) is 11.1 Å². The van der Waals surface area contributed by atoms with Crippen LogP contribution in [0.2, 0.25) is 0 Å². The van der Waals surface area contributed by atoms with Gasteiger partial charge in [0.1, 0.15) is 5.82 Å². The van der Waals surface area contributed by atoms with Crippen LogP contribution in [0.15, 0.2) is 12.1 Å². The number of esters is 1. The molecule has 1 aliphatic rings. The van der Waals surface area contributed by atoms with Crippen LogP contribution in [-0.4, -0.2) is 29.6 Å². The van der Waals surface area contributed by atoms with Crippen molar-refractivity contribution < 1.29 is 18.7 Å². The molecule has 0 fully saturated rings. The molecule has 0 spiro atoms. The van der Waals surface area contributed by atoms with Crippen molar-refractivity contribution in [3.05, 3.63) is 34.8 Å². The summed E-state index contributed by atoms with van der Waals surface area (Å²) in [5.74, 6) is -1.84. The Kier molecular flexibility index (Phi) is 4.04. The van der Waals surface area contributed by atoms with Crippen LogP contribution in [0.1, 0.15) is 23.7 Å². The number of thioether (sulfide) groups is 1. The van der Waals surface area contributed by atoms with Crippen LogP contribution in [0.4, 0.5) is 4.39 Å². The standard InChI is InChI=1S/C16H15FN2O3S/c1-9(20)22-16(8-23-2)15-11(5-6-21-16)13-10(7-18)3-4-12(17)14(13)19-15/h3-4,19H,5-6,8H2,1-2H3. The molecule has 23 heavy (non-hydrogen) atoms. The number of benzene rings is 1. The van der Waals surface area contributed by atoms with Crippen LogP contribution < -0.4 is 0 Å². The van der Waals surface area contributed by atoms with Gasteiger partial charge in [-0.15, -0.1) is 0 Å². The van der Waals surface area contributed by atoms with Crippen molar-refractivity contribution in [1.29, 1.82) is 5.26 Å². The summed E-state index contributed by atoms with van der Waals surface area (Å²) >= 11 is 1.46. The molecule has 1 unspecified atom stereocenters. The molecule has 1 aromatic carbocycles. The van der Waals surface area contributed by atoms with Crippen molar-refractivity contribution in [2.75, 3.05) is 18.6 Å². The van der Waals surface area contributed by atoms with E-state index in [1.807, 2.05) is 6.26 Å². The summed E-state index contributed by atoms with van der Waals surface area (Å²) in [5, 5.41) is 9.86. The minimum absolute atomic E-state index is 0.247. The van der Waals surface area contributed by atoms with E-state index in [0.29, 0.717) is 35.4 Å². The minimum Gasteiger partial charge on any atom is -0.426 e. The third-order valence-corrected chi connectivity index (χ3v) is 4.51. The number of rotatable bonds is 3. The number of nitriles is 1. The minimum atomic E-state index is -1.28. The monoisotopic (exact) mass is 334 g/mol. The number of nitrogens with zero attached hydrogens (tertiary/aromatic N) is 1. The molecule has 5 nitrogen and oxygen atoms in total. The first-order chi connectivity index (χ1) is 11.0. The molecule has 2 aromatic rings. The summed E-state index contributed by atoms with van der Waals surface area (Å²) in [6.07, 6.45) is 2.39. The predicted molar refractivity (Wildman–Crippen MR) is 84.5 cm³/mol. The fraction of sp³-hybridized carbons (Fsp3) is 0.375. The lowest BCUT2D eigenvalue weighted by molar-refractivity contribution is -0.231. The first-order valence-corrected chi connectivity index (χ1v) is 8.48. The van der Waals surface area contributed by atoms with Crippen LogP contribution in [-0.2, 0) is 26.5 Å². The van der Waals surface area contributed by atoms with Gasteiger partial charge in [-0.2, -0.15) is 17.0 Å². The molecule has 0 radical (unpaired) electrons. The summed E-state index contributed by atoms with van der Waals surface area (Å²) in [5.41, 5.74) is 1.93. The molecule has 120 valence electrons. The van der Waals surface area contributed by atoms with Crippen molar-refractivity contribution in [1.82, 2.24) is 4.98 Å². The van der Waals surface area contributed by atoms with Gasteiger partial charge in [-0.1, -0.05) is 0 Å². The molecule has 2 heterocycles. The molecular weight excluding hydrogens is 319 g/mol. The number of hydrogen-bond donors (Lipinski definition) is 1. The van der Waals surface area contributed by atoms with Crippen molar-refractivity contribution >= 4 is 28.6 Å². The number of carbonyl (C=O) groups is 1. The van der Waals surface area contributed by atoms with Gasteiger partial charge in [-0.05, 0) is 30.4 Å². The van der Waals surface area contributed by atoms with E-state index in [4.69, 9.17) is 9.47 Å². The maximum atomic E-state index is 14.2. The van der Waals surface area contributed by atoms with Gasteiger partial charge in [0.05, 0.1) is 35.2 Å². The second-order valence-electron chi connectivity index (χ2n) is 5.31. The molecule has 0 saturated carbocycles. The number of carbonyl (C=O) groups excluding carboxylic acids is 1. The number of H-pyrrole nitrogens is 1. The zero-order valence-electron chi connectivity index (χ0n) is 12.7. The number of halogens is 1. The smallest absolute Gasteiger partial charge is 0.305 e. The molecule has 1 N–H and O–H groups in total. The summed E-state index contributed by atoms with van der Waals surface area (Å²) in [6, 6.07) is 4.81. The third-order valence-electron chi connectivity index (χ3n) is 3.84. The Morgan fingerprint density at radius 3 is 3.04 bits per heavy atom. The Labute approximate surface area is 136 Å². The van der Waals surface area contributed by atoms with E-state index in [0.717, 1.165) is 5.56 Å². The molecule has 3 rings (SSSR count). The maximum absolute atomic E-state index is 14.2. The molecule has 1 aromatic heterocycles. The van der Waals surface area contributed by atoms with E-state index >= 15 is 0 Å². The van der Waals surface area contributed by atoms with Gasteiger partial charge in [-0.3, -0.25) is 4.79 Å². The molecule has 0 saturated heterocycles. The SMILES string of the molecule is CSCC1(OC(C)=O)OCCc2c1[nH]c1c(F)ccc(C#N)c21. The Hall–Kier alpha value is -2.04. The van der Waals surface area contributed by atoms with Crippen LogP contribution in [0.3, 0.4) is 0 Å². The van der Waals surface area contributed by atoms with E-state index in [9.17, 15) is 14.4 Å². The van der Waals surface area contributed by atoms with Gasteiger partial charge in [0.15, 0.2) is 0 Å². The largest absolute Gasteiger partial charge is 0.426 e. The highest BCUT2D eigenvalue weighted by Gasteiger charge is 2.44. The second kappa shape index (κ2) is 5.87. The first-order valence-electron chi connectivity index (χ1n) is 7.08. The first kappa shape index (κ1) is 15.8. The van der Waals surface area contributed by atoms with Crippen LogP contribution in [0.5, 0.6) is 0 Å². The van der Waals surface area contributed by atoms with E-state index in [1.54, 1.807) is 0 Å². The normalized spacial score (nSPS) is 20.1. The summed E-state index contributed by atoms with van der Waals surface area (Å²) in [6.45, 7) is 1.64. The van der Waals surface area contributed by atoms with Gasteiger partial charge >= 0.3 is 5.97 Å². The molecule has 1 atom stereocenters. The summed E-state index contributed by atoms with van der Waals surface area (Å²) in [7, 11) is 0. The predicted octanol–water partition coefficient (Wildman–Crippen LogP) is 2.83. The zero-order chi connectivity index (χ0) is 16.6. The van der Waals surface area contributed by atoms with Crippen molar-refractivity contribution in [2.24, 2.45) is 0 Å². The highest BCUT2D eigenvalue weighted by atomic mass is 32.2. The number of aromatic amines is 1. The van der Waals surface area contributed by atoms with Crippen LogP contribution in [0.25, 0.3) is 10.9 Å². The van der Waals surface area contributed by atoms with Crippen molar-refractivity contribution in [3.63, 3.8) is 0 Å². The number of aromatic nitrogens is 1. The number of hydrogen-bond acceptors (Lipinski definition) is 5.